The highest BCUT2D eigenvalue weighted by atomic mass is 35.5. The zero-order valence-corrected chi connectivity index (χ0v) is 16.2. The predicted octanol–water partition coefficient (Wildman–Crippen LogP) is 4.39. The summed E-state index contributed by atoms with van der Waals surface area (Å²) in [5.41, 5.74) is 0.484. The molecule has 1 aliphatic heterocycles. The Bertz CT molecular complexity index is 917. The summed E-state index contributed by atoms with van der Waals surface area (Å²) in [4.78, 5) is 29.9. The number of hydrogen-bond donors (Lipinski definition) is 0. The van der Waals surface area contributed by atoms with Crippen LogP contribution in [0.5, 0.6) is 5.75 Å². The van der Waals surface area contributed by atoms with Gasteiger partial charge in [0.15, 0.2) is 10.9 Å². The number of anilines is 1. The fourth-order valence-electron chi connectivity index (χ4n) is 2.58. The van der Waals surface area contributed by atoms with Gasteiger partial charge >= 0.3 is 5.69 Å². The van der Waals surface area contributed by atoms with Crippen LogP contribution in [0.1, 0.15) is 17.3 Å². The quantitative estimate of drug-likeness (QED) is 0.556. The Morgan fingerprint density at radius 1 is 1.33 bits per heavy atom. The Balaban J connectivity index is 2.06. The van der Waals surface area contributed by atoms with Crippen molar-refractivity contribution in [1.29, 1.82) is 0 Å². The number of ether oxygens (including phenoxy) is 1. The number of hydrogen-bond acceptors (Lipinski definition) is 6. The smallest absolute Gasteiger partial charge is 0.311 e. The molecule has 0 bridgehead atoms. The van der Waals surface area contributed by atoms with E-state index in [1.165, 1.54) is 42.0 Å². The second-order valence-electron chi connectivity index (χ2n) is 5.83. The van der Waals surface area contributed by atoms with Crippen LogP contribution < -0.4 is 9.64 Å². The van der Waals surface area contributed by atoms with E-state index in [1.54, 1.807) is 24.3 Å². The number of nitrogens with zero attached hydrogens (tertiary/aromatic N) is 3. The number of thioether (sulfide) groups is 1. The lowest BCUT2D eigenvalue weighted by Gasteiger charge is -2.22. The van der Waals surface area contributed by atoms with Crippen LogP contribution in [0.4, 0.5) is 11.4 Å². The Morgan fingerprint density at radius 2 is 2.04 bits per heavy atom. The molecule has 2 aromatic carbocycles. The van der Waals surface area contributed by atoms with E-state index in [0.29, 0.717) is 15.9 Å². The first-order chi connectivity index (χ1) is 12.9. The third-order valence-electron chi connectivity index (χ3n) is 3.89. The first-order valence-electron chi connectivity index (χ1n) is 8.03. The van der Waals surface area contributed by atoms with Gasteiger partial charge in [0.1, 0.15) is 0 Å². The van der Waals surface area contributed by atoms with Crippen LogP contribution in [-0.2, 0) is 0 Å². The highest BCUT2D eigenvalue weighted by Crippen LogP contribution is 2.31. The summed E-state index contributed by atoms with van der Waals surface area (Å²) in [5, 5.41) is 12.4. The normalized spacial score (nSPS) is 16.0. The van der Waals surface area contributed by atoms with Gasteiger partial charge in [0.05, 0.1) is 23.8 Å². The molecule has 0 saturated heterocycles. The Hall–Kier alpha value is -2.58. The maximum atomic E-state index is 13.2. The van der Waals surface area contributed by atoms with E-state index in [0.717, 1.165) is 5.75 Å². The molecule has 1 amide bonds. The van der Waals surface area contributed by atoms with Crippen molar-refractivity contribution in [2.75, 3.05) is 17.8 Å². The molecule has 0 radical (unpaired) electrons. The Kier molecular flexibility index (Phi) is 5.67. The van der Waals surface area contributed by atoms with E-state index >= 15 is 0 Å². The zero-order chi connectivity index (χ0) is 19.6. The van der Waals surface area contributed by atoms with Crippen molar-refractivity contribution in [3.8, 4) is 5.75 Å². The van der Waals surface area contributed by atoms with Crippen LogP contribution in [0.3, 0.4) is 0 Å². The lowest BCUT2D eigenvalue weighted by molar-refractivity contribution is -0.385. The number of carbonyl (C=O) groups excluding carboxylic acids is 1. The van der Waals surface area contributed by atoms with Crippen LogP contribution in [-0.4, -0.2) is 34.9 Å². The van der Waals surface area contributed by atoms with Crippen LogP contribution in [0.15, 0.2) is 47.5 Å². The topological polar surface area (TPSA) is 85.0 Å². The number of methoxy groups -OCH3 is 1. The molecule has 0 unspecified atom stereocenters. The van der Waals surface area contributed by atoms with Crippen LogP contribution >= 0.6 is 23.4 Å². The van der Waals surface area contributed by atoms with Crippen molar-refractivity contribution in [3.63, 3.8) is 0 Å². The number of aliphatic imine (C=N–C) groups is 1. The van der Waals surface area contributed by atoms with Gasteiger partial charge in [0.25, 0.3) is 5.91 Å². The Morgan fingerprint density at radius 3 is 2.59 bits per heavy atom. The summed E-state index contributed by atoms with van der Waals surface area (Å²) in [6.45, 7) is 1.96. The van der Waals surface area contributed by atoms with E-state index in [9.17, 15) is 14.9 Å². The first-order valence-corrected chi connectivity index (χ1v) is 9.40. The fourth-order valence-corrected chi connectivity index (χ4v) is 3.74. The van der Waals surface area contributed by atoms with E-state index in [4.69, 9.17) is 16.3 Å². The molecule has 2 aromatic rings. The summed E-state index contributed by atoms with van der Waals surface area (Å²) in [5.74, 6) is 0.439. The van der Waals surface area contributed by atoms with E-state index in [2.05, 4.69) is 4.99 Å². The average Bonchev–Trinajstić information content (AvgIpc) is 3.08. The average molecular weight is 406 g/mol. The molecule has 7 nitrogen and oxygen atoms in total. The maximum Gasteiger partial charge on any atom is 0.311 e. The van der Waals surface area contributed by atoms with Crippen LogP contribution in [0.25, 0.3) is 0 Å². The summed E-state index contributed by atoms with van der Waals surface area (Å²) < 4.78 is 5.00. The molecule has 0 spiro atoms. The summed E-state index contributed by atoms with van der Waals surface area (Å²) in [6.07, 6.45) is 0. The van der Waals surface area contributed by atoms with E-state index in [-0.39, 0.29) is 23.0 Å². The largest absolute Gasteiger partial charge is 0.490 e. The highest BCUT2D eigenvalue weighted by molar-refractivity contribution is 8.14. The molecule has 0 saturated carbocycles. The zero-order valence-electron chi connectivity index (χ0n) is 14.6. The van der Waals surface area contributed by atoms with Crippen molar-refractivity contribution >= 4 is 45.8 Å². The number of carbonyl (C=O) groups is 1. The van der Waals surface area contributed by atoms with E-state index < -0.39 is 10.8 Å². The van der Waals surface area contributed by atoms with Gasteiger partial charge in [-0.05, 0) is 43.3 Å². The molecule has 1 heterocycles. The third-order valence-corrected chi connectivity index (χ3v) is 5.33. The van der Waals surface area contributed by atoms with Gasteiger partial charge in [-0.15, -0.1) is 0 Å². The molecule has 27 heavy (non-hydrogen) atoms. The number of benzene rings is 2. The minimum Gasteiger partial charge on any atom is -0.490 e. The van der Waals surface area contributed by atoms with Crippen molar-refractivity contribution in [3.05, 3.63) is 63.2 Å². The molecule has 0 fully saturated rings. The number of amides is 1. The molecule has 0 N–H and O–H groups in total. The number of halogens is 1. The Labute approximate surface area is 165 Å². The van der Waals surface area contributed by atoms with Gasteiger partial charge in [0.2, 0.25) is 0 Å². The third kappa shape index (κ3) is 4.06. The SMILES string of the molecule is COc1ccc(C(=O)N(C2=N[C@H](C)CS2)c2ccc(Cl)cc2)cc1[N+](=O)[O-]. The minimum atomic E-state index is -0.577. The van der Waals surface area contributed by atoms with E-state index in [1.807, 2.05) is 6.92 Å². The number of nitro groups is 1. The highest BCUT2D eigenvalue weighted by Gasteiger charge is 2.29. The number of amidine groups is 1. The first kappa shape index (κ1) is 19.2. The second kappa shape index (κ2) is 7.98. The van der Waals surface area contributed by atoms with Crippen molar-refractivity contribution in [2.45, 2.75) is 13.0 Å². The van der Waals surface area contributed by atoms with Crippen molar-refractivity contribution in [1.82, 2.24) is 0 Å². The molecule has 1 aliphatic rings. The second-order valence-corrected chi connectivity index (χ2v) is 7.26. The molecule has 1 atom stereocenters. The number of nitro benzene ring substituents is 1. The molecule has 0 aromatic heterocycles. The van der Waals surface area contributed by atoms with Gasteiger partial charge in [0, 0.05) is 22.4 Å². The molecule has 0 aliphatic carbocycles. The van der Waals surface area contributed by atoms with Crippen molar-refractivity contribution < 1.29 is 14.5 Å². The monoisotopic (exact) mass is 405 g/mol. The van der Waals surface area contributed by atoms with Gasteiger partial charge < -0.3 is 4.74 Å². The molecular formula is C18H16ClN3O4S. The minimum absolute atomic E-state index is 0.0813. The lowest BCUT2D eigenvalue weighted by atomic mass is 10.1. The molecule has 140 valence electrons. The fraction of sp³-hybridized carbons (Fsp3) is 0.222. The predicted molar refractivity (Wildman–Crippen MR) is 107 cm³/mol. The lowest BCUT2D eigenvalue weighted by Crippen LogP contribution is -2.34. The van der Waals surface area contributed by atoms with Gasteiger partial charge in [-0.3, -0.25) is 24.8 Å². The van der Waals surface area contributed by atoms with Gasteiger partial charge in [-0.2, -0.15) is 0 Å². The van der Waals surface area contributed by atoms with Crippen LogP contribution in [0.2, 0.25) is 5.02 Å². The molecule has 3 rings (SSSR count). The van der Waals surface area contributed by atoms with Crippen LogP contribution in [0, 0.1) is 10.1 Å². The summed E-state index contributed by atoms with van der Waals surface area (Å²) in [6, 6.07) is 11.0. The van der Waals surface area contributed by atoms with Gasteiger partial charge in [-0.25, -0.2) is 0 Å². The van der Waals surface area contributed by atoms with Crippen molar-refractivity contribution in [2.24, 2.45) is 4.99 Å². The standard InChI is InChI=1S/C18H16ClN3O4S/c1-11-10-27-18(20-11)21(14-6-4-13(19)5-7-14)17(23)12-3-8-16(26-2)15(9-12)22(24)25/h3-9,11H,10H2,1-2H3/t11-/m1/s1. The summed E-state index contributed by atoms with van der Waals surface area (Å²) >= 11 is 7.42. The maximum absolute atomic E-state index is 13.2. The summed E-state index contributed by atoms with van der Waals surface area (Å²) in [7, 11) is 1.34. The number of rotatable bonds is 4. The van der Waals surface area contributed by atoms with Gasteiger partial charge in [-0.1, -0.05) is 23.4 Å². The molecule has 9 heteroatoms. The molecular weight excluding hydrogens is 390 g/mol.